The number of amides is 1. The van der Waals surface area contributed by atoms with E-state index in [-0.39, 0.29) is 17.8 Å². The second-order valence-corrected chi connectivity index (χ2v) is 5.87. The topological polar surface area (TPSA) is 65.5 Å². The van der Waals surface area contributed by atoms with E-state index in [0.29, 0.717) is 30.9 Å². The highest BCUT2D eigenvalue weighted by atomic mass is 19.1. The number of hydrogen-bond donors (Lipinski definition) is 2. The first kappa shape index (κ1) is 16.4. The van der Waals surface area contributed by atoms with Crippen molar-refractivity contribution in [3.63, 3.8) is 0 Å². The van der Waals surface area contributed by atoms with E-state index < -0.39 is 6.10 Å². The second-order valence-electron chi connectivity index (χ2n) is 5.87. The Morgan fingerprint density at radius 1 is 1.33 bits per heavy atom. The van der Waals surface area contributed by atoms with Crippen LogP contribution in [0.2, 0.25) is 0 Å². The molecule has 5 nitrogen and oxygen atoms in total. The monoisotopic (exact) mass is 329 g/mol. The van der Waals surface area contributed by atoms with Gasteiger partial charge in [0.25, 0.3) is 5.91 Å². The number of pyridine rings is 1. The highest BCUT2D eigenvalue weighted by molar-refractivity contribution is 5.94. The Balaban J connectivity index is 1.83. The van der Waals surface area contributed by atoms with Gasteiger partial charge in [-0.15, -0.1) is 0 Å². The van der Waals surface area contributed by atoms with Gasteiger partial charge < -0.3 is 15.3 Å². The maximum absolute atomic E-state index is 13.1. The summed E-state index contributed by atoms with van der Waals surface area (Å²) in [6, 6.07) is 9.73. The van der Waals surface area contributed by atoms with Crippen LogP contribution in [0.3, 0.4) is 0 Å². The molecule has 126 valence electrons. The van der Waals surface area contributed by atoms with E-state index in [2.05, 4.69) is 10.3 Å². The van der Waals surface area contributed by atoms with Crippen LogP contribution < -0.4 is 10.2 Å². The molecule has 0 aliphatic carbocycles. The molecular weight excluding hydrogens is 309 g/mol. The average Bonchev–Trinajstić information content (AvgIpc) is 2.98. The van der Waals surface area contributed by atoms with Crippen LogP contribution in [0, 0.1) is 5.82 Å². The number of β-amino-alcohol motifs (C(OH)–C–C–N with tert-alkyl or cyclic N) is 1. The van der Waals surface area contributed by atoms with E-state index >= 15 is 0 Å². The summed E-state index contributed by atoms with van der Waals surface area (Å²) in [7, 11) is 0. The molecule has 2 heterocycles. The minimum absolute atomic E-state index is 0.0663. The molecule has 1 aromatic carbocycles. The van der Waals surface area contributed by atoms with Crippen molar-refractivity contribution in [1.82, 2.24) is 10.3 Å². The minimum atomic E-state index is -0.468. The summed E-state index contributed by atoms with van der Waals surface area (Å²) in [5, 5.41) is 12.8. The number of benzene rings is 1. The second kappa shape index (κ2) is 6.97. The first-order chi connectivity index (χ1) is 11.6. The van der Waals surface area contributed by atoms with Gasteiger partial charge in [0.15, 0.2) is 0 Å². The normalized spacial score (nSPS) is 20.2. The third-order valence-electron chi connectivity index (χ3n) is 4.18. The molecule has 0 unspecified atom stereocenters. The van der Waals surface area contributed by atoms with Crippen LogP contribution in [0.25, 0.3) is 0 Å². The Hall–Kier alpha value is -2.47. The van der Waals surface area contributed by atoms with Gasteiger partial charge in [0, 0.05) is 19.3 Å². The SMILES string of the molecule is CCNC(=O)c1ccc(N2C[C@H](O)C[C@@H]2c2ccc(F)cc2)nc1. The predicted molar refractivity (Wildman–Crippen MR) is 89.4 cm³/mol. The maximum Gasteiger partial charge on any atom is 0.252 e. The zero-order valence-corrected chi connectivity index (χ0v) is 13.4. The molecule has 24 heavy (non-hydrogen) atoms. The number of halogens is 1. The smallest absolute Gasteiger partial charge is 0.252 e. The largest absolute Gasteiger partial charge is 0.391 e. The van der Waals surface area contributed by atoms with Gasteiger partial charge >= 0.3 is 0 Å². The quantitative estimate of drug-likeness (QED) is 0.903. The molecule has 2 atom stereocenters. The number of hydrogen-bond acceptors (Lipinski definition) is 4. The Labute approximate surface area is 140 Å². The standard InChI is InChI=1S/C18H20FN3O2/c1-2-20-18(24)13-5-8-17(21-10-13)22-11-15(23)9-16(22)12-3-6-14(19)7-4-12/h3-8,10,15-16,23H,2,9,11H2,1H3,(H,20,24)/t15-,16-/m1/s1. The van der Waals surface area contributed by atoms with Crippen LogP contribution in [-0.4, -0.2) is 35.2 Å². The predicted octanol–water partition coefficient (Wildman–Crippen LogP) is 2.28. The van der Waals surface area contributed by atoms with E-state index in [4.69, 9.17) is 0 Å². The number of nitrogens with one attached hydrogen (secondary N) is 1. The Morgan fingerprint density at radius 2 is 2.08 bits per heavy atom. The zero-order chi connectivity index (χ0) is 17.1. The molecule has 6 heteroatoms. The van der Waals surface area contributed by atoms with Gasteiger partial charge in [-0.1, -0.05) is 12.1 Å². The van der Waals surface area contributed by atoms with Crippen LogP contribution in [-0.2, 0) is 0 Å². The van der Waals surface area contributed by atoms with E-state index in [1.165, 1.54) is 18.3 Å². The van der Waals surface area contributed by atoms with Gasteiger partial charge in [0.1, 0.15) is 11.6 Å². The molecule has 0 radical (unpaired) electrons. The summed E-state index contributed by atoms with van der Waals surface area (Å²) < 4.78 is 13.1. The Kier molecular flexibility index (Phi) is 4.76. The third kappa shape index (κ3) is 3.38. The Morgan fingerprint density at radius 3 is 2.71 bits per heavy atom. The van der Waals surface area contributed by atoms with E-state index in [9.17, 15) is 14.3 Å². The van der Waals surface area contributed by atoms with Crippen molar-refractivity contribution in [2.45, 2.75) is 25.5 Å². The third-order valence-corrected chi connectivity index (χ3v) is 4.18. The number of aliphatic hydroxyl groups excluding tert-OH is 1. The van der Waals surface area contributed by atoms with E-state index in [1.807, 2.05) is 11.8 Å². The van der Waals surface area contributed by atoms with Crippen LogP contribution in [0.15, 0.2) is 42.6 Å². The molecule has 1 saturated heterocycles. The van der Waals surface area contributed by atoms with Crippen molar-refractivity contribution in [3.05, 3.63) is 59.5 Å². The van der Waals surface area contributed by atoms with Gasteiger partial charge in [-0.05, 0) is 43.2 Å². The summed E-state index contributed by atoms with van der Waals surface area (Å²) >= 11 is 0. The molecule has 1 amide bonds. The van der Waals surface area contributed by atoms with Crippen molar-refractivity contribution in [2.75, 3.05) is 18.0 Å². The number of rotatable bonds is 4. The molecule has 3 rings (SSSR count). The molecular formula is C18H20FN3O2. The van der Waals surface area contributed by atoms with Gasteiger partial charge in [0.2, 0.25) is 0 Å². The van der Waals surface area contributed by atoms with Gasteiger partial charge in [-0.2, -0.15) is 0 Å². The number of aliphatic hydroxyl groups is 1. The number of carbonyl (C=O) groups is 1. The van der Waals surface area contributed by atoms with Crippen molar-refractivity contribution in [1.29, 1.82) is 0 Å². The summed E-state index contributed by atoms with van der Waals surface area (Å²) in [6.45, 7) is 2.87. The molecule has 0 saturated carbocycles. The highest BCUT2D eigenvalue weighted by Crippen LogP contribution is 2.35. The first-order valence-corrected chi connectivity index (χ1v) is 8.03. The lowest BCUT2D eigenvalue weighted by molar-refractivity contribution is 0.0955. The van der Waals surface area contributed by atoms with E-state index in [1.54, 1.807) is 24.3 Å². The van der Waals surface area contributed by atoms with Crippen LogP contribution in [0.1, 0.15) is 35.3 Å². The van der Waals surface area contributed by atoms with Crippen LogP contribution in [0.5, 0.6) is 0 Å². The maximum atomic E-state index is 13.1. The fourth-order valence-electron chi connectivity index (χ4n) is 3.02. The first-order valence-electron chi connectivity index (χ1n) is 8.03. The molecule has 1 fully saturated rings. The average molecular weight is 329 g/mol. The lowest BCUT2D eigenvalue weighted by Crippen LogP contribution is -2.26. The number of anilines is 1. The summed E-state index contributed by atoms with van der Waals surface area (Å²) in [4.78, 5) is 18.2. The number of aromatic nitrogens is 1. The van der Waals surface area contributed by atoms with Crippen molar-refractivity contribution in [3.8, 4) is 0 Å². The highest BCUT2D eigenvalue weighted by Gasteiger charge is 2.33. The minimum Gasteiger partial charge on any atom is -0.391 e. The van der Waals surface area contributed by atoms with Crippen molar-refractivity contribution in [2.24, 2.45) is 0 Å². The van der Waals surface area contributed by atoms with Gasteiger partial charge in [-0.25, -0.2) is 9.37 Å². The summed E-state index contributed by atoms with van der Waals surface area (Å²) in [5.41, 5.74) is 1.43. The van der Waals surface area contributed by atoms with Crippen molar-refractivity contribution < 1.29 is 14.3 Å². The summed E-state index contributed by atoms with van der Waals surface area (Å²) in [5.74, 6) is 0.246. The molecule has 2 N–H and O–H groups in total. The number of carbonyl (C=O) groups excluding carboxylic acids is 1. The fraction of sp³-hybridized carbons (Fsp3) is 0.333. The van der Waals surface area contributed by atoms with Crippen LogP contribution in [0.4, 0.5) is 10.2 Å². The lowest BCUT2D eigenvalue weighted by Gasteiger charge is -2.25. The molecule has 0 bridgehead atoms. The number of nitrogens with zero attached hydrogens (tertiary/aromatic N) is 2. The zero-order valence-electron chi connectivity index (χ0n) is 13.4. The molecule has 1 aromatic heterocycles. The molecule has 1 aliphatic rings. The summed E-state index contributed by atoms with van der Waals surface area (Å²) in [6.07, 6.45) is 1.63. The van der Waals surface area contributed by atoms with Gasteiger partial charge in [-0.3, -0.25) is 4.79 Å². The van der Waals surface area contributed by atoms with E-state index in [0.717, 1.165) is 5.56 Å². The molecule has 0 spiro atoms. The van der Waals surface area contributed by atoms with Crippen molar-refractivity contribution >= 4 is 11.7 Å². The fourth-order valence-corrected chi connectivity index (χ4v) is 3.02. The lowest BCUT2D eigenvalue weighted by atomic mass is 10.0. The molecule has 1 aliphatic heterocycles. The Bertz CT molecular complexity index is 703. The van der Waals surface area contributed by atoms with Crippen LogP contribution >= 0.6 is 0 Å². The van der Waals surface area contributed by atoms with Gasteiger partial charge in [0.05, 0.1) is 17.7 Å². The molecule has 2 aromatic rings.